The predicted octanol–water partition coefficient (Wildman–Crippen LogP) is 2.40. The number of aromatic amines is 1. The number of H-pyrrole nitrogens is 1. The SMILES string of the molecule is Nc1nc2c(ncn2[C@@H]2O[C@@](COCc3ccccc3)(C(F)F)[C@@H](OCc3ccccc3)[C@H]2O)c(=O)[nH]1. The molecule has 3 heterocycles. The summed E-state index contributed by atoms with van der Waals surface area (Å²) in [5.41, 5.74) is 4.12. The Labute approximate surface area is 209 Å². The number of anilines is 1. The molecule has 0 radical (unpaired) electrons. The molecule has 0 spiro atoms. The number of nitrogens with zero attached hydrogens (tertiary/aromatic N) is 3. The van der Waals surface area contributed by atoms with Crippen molar-refractivity contribution in [3.05, 3.63) is 88.5 Å². The van der Waals surface area contributed by atoms with Gasteiger partial charge in [0, 0.05) is 0 Å². The minimum Gasteiger partial charge on any atom is -0.386 e. The zero-order chi connectivity index (χ0) is 26.0. The quantitative estimate of drug-likeness (QED) is 0.310. The first-order chi connectivity index (χ1) is 17.9. The fourth-order valence-electron chi connectivity index (χ4n) is 4.41. The van der Waals surface area contributed by atoms with Crippen molar-refractivity contribution in [3.8, 4) is 0 Å². The van der Waals surface area contributed by atoms with Crippen molar-refractivity contribution in [1.82, 2.24) is 19.5 Å². The monoisotopic (exact) mass is 513 g/mol. The minimum absolute atomic E-state index is 0.0256. The number of aliphatic hydroxyl groups excluding tert-OH is 1. The number of hydrogen-bond acceptors (Lipinski definition) is 8. The van der Waals surface area contributed by atoms with E-state index in [2.05, 4.69) is 15.0 Å². The van der Waals surface area contributed by atoms with Crippen molar-refractivity contribution in [2.45, 2.75) is 43.7 Å². The van der Waals surface area contributed by atoms with Gasteiger partial charge < -0.3 is 25.1 Å². The molecule has 12 heteroatoms. The van der Waals surface area contributed by atoms with Gasteiger partial charge in [-0.3, -0.25) is 14.3 Å². The highest BCUT2D eigenvalue weighted by molar-refractivity contribution is 5.70. The van der Waals surface area contributed by atoms with Gasteiger partial charge in [-0.25, -0.2) is 13.8 Å². The van der Waals surface area contributed by atoms with Crippen LogP contribution in [0.5, 0.6) is 0 Å². The van der Waals surface area contributed by atoms with Crippen molar-refractivity contribution in [2.24, 2.45) is 0 Å². The van der Waals surface area contributed by atoms with Gasteiger partial charge in [-0.1, -0.05) is 60.7 Å². The zero-order valence-corrected chi connectivity index (χ0v) is 19.5. The number of halogens is 2. The van der Waals surface area contributed by atoms with Crippen LogP contribution in [0.25, 0.3) is 11.2 Å². The third-order valence-electron chi connectivity index (χ3n) is 6.23. The Morgan fingerprint density at radius 1 is 1.11 bits per heavy atom. The third-order valence-corrected chi connectivity index (χ3v) is 6.23. The fraction of sp³-hybridized carbons (Fsp3) is 0.320. The van der Waals surface area contributed by atoms with Gasteiger partial charge in [0.15, 0.2) is 23.0 Å². The molecule has 10 nitrogen and oxygen atoms in total. The Balaban J connectivity index is 1.48. The summed E-state index contributed by atoms with van der Waals surface area (Å²) < 4.78 is 48.3. The van der Waals surface area contributed by atoms with E-state index in [4.69, 9.17) is 19.9 Å². The standard InChI is InChI=1S/C25H25F2N5O5/c26-23(27)25(13-35-11-15-7-3-1-4-8-15)19(36-12-16-9-5-2-6-10-16)18(33)22(37-25)32-14-29-17-20(32)30-24(28)31-21(17)34/h1-10,14,18-19,22-23,33H,11-13H2,(H3,28,30,31,34)/t18-,19+,22-,25-/m1/s1. The molecule has 37 heavy (non-hydrogen) atoms. The second-order valence-electron chi connectivity index (χ2n) is 8.73. The van der Waals surface area contributed by atoms with Gasteiger partial charge in [0.1, 0.15) is 12.2 Å². The first-order valence-electron chi connectivity index (χ1n) is 11.5. The molecule has 4 atom stereocenters. The lowest BCUT2D eigenvalue weighted by molar-refractivity contribution is -0.215. The number of ether oxygens (including phenoxy) is 3. The second-order valence-corrected chi connectivity index (χ2v) is 8.73. The maximum atomic E-state index is 14.8. The molecular formula is C25H25F2N5O5. The van der Waals surface area contributed by atoms with E-state index in [1.807, 2.05) is 24.3 Å². The van der Waals surface area contributed by atoms with E-state index in [9.17, 15) is 18.7 Å². The Kier molecular flexibility index (Phi) is 6.98. The van der Waals surface area contributed by atoms with Crippen LogP contribution in [-0.2, 0) is 27.4 Å². The minimum atomic E-state index is -3.10. The molecule has 4 aromatic rings. The number of aromatic nitrogens is 4. The van der Waals surface area contributed by atoms with E-state index in [-0.39, 0.29) is 30.3 Å². The number of rotatable bonds is 9. The summed E-state index contributed by atoms with van der Waals surface area (Å²) in [5, 5.41) is 11.3. The Morgan fingerprint density at radius 2 is 1.76 bits per heavy atom. The average molecular weight is 514 g/mol. The van der Waals surface area contributed by atoms with Gasteiger partial charge in [-0.15, -0.1) is 0 Å². The van der Waals surface area contributed by atoms with Gasteiger partial charge in [0.25, 0.3) is 12.0 Å². The number of benzene rings is 2. The fourth-order valence-corrected chi connectivity index (χ4v) is 4.41. The second kappa shape index (κ2) is 10.3. The number of fused-ring (bicyclic) bond motifs is 1. The Morgan fingerprint density at radius 3 is 2.41 bits per heavy atom. The highest BCUT2D eigenvalue weighted by atomic mass is 19.3. The average Bonchev–Trinajstić information content (AvgIpc) is 3.43. The number of aliphatic hydroxyl groups is 1. The molecule has 2 aromatic carbocycles. The summed E-state index contributed by atoms with van der Waals surface area (Å²) in [6.45, 7) is -0.580. The van der Waals surface area contributed by atoms with E-state index in [1.165, 1.54) is 10.9 Å². The molecule has 1 fully saturated rings. The molecule has 1 aliphatic heterocycles. The summed E-state index contributed by atoms with van der Waals surface area (Å²) in [5.74, 6) is -0.199. The van der Waals surface area contributed by atoms with E-state index >= 15 is 0 Å². The molecule has 194 valence electrons. The van der Waals surface area contributed by atoms with Crippen molar-refractivity contribution in [2.75, 3.05) is 12.3 Å². The van der Waals surface area contributed by atoms with Crippen LogP contribution in [0.4, 0.5) is 14.7 Å². The number of nitrogens with two attached hydrogens (primary N) is 1. The van der Waals surface area contributed by atoms with Crippen molar-refractivity contribution < 1.29 is 28.1 Å². The summed E-state index contributed by atoms with van der Waals surface area (Å²) in [4.78, 5) is 22.6. The summed E-state index contributed by atoms with van der Waals surface area (Å²) in [6.07, 6.45) is -6.40. The normalized spacial score (nSPS) is 23.7. The van der Waals surface area contributed by atoms with Crippen LogP contribution < -0.4 is 11.3 Å². The topological polar surface area (TPSA) is 138 Å². The summed E-state index contributed by atoms with van der Waals surface area (Å²) >= 11 is 0. The van der Waals surface area contributed by atoms with Gasteiger partial charge in [-0.05, 0) is 11.1 Å². The summed E-state index contributed by atoms with van der Waals surface area (Å²) in [7, 11) is 0. The van der Waals surface area contributed by atoms with Crippen LogP contribution in [0.2, 0.25) is 0 Å². The predicted molar refractivity (Wildman–Crippen MR) is 129 cm³/mol. The van der Waals surface area contributed by atoms with Crippen LogP contribution in [0.15, 0.2) is 71.8 Å². The van der Waals surface area contributed by atoms with Gasteiger partial charge in [0.2, 0.25) is 5.95 Å². The molecular weight excluding hydrogens is 488 g/mol. The lowest BCUT2D eigenvalue weighted by Gasteiger charge is -2.33. The molecule has 0 amide bonds. The number of alkyl halides is 2. The first kappa shape index (κ1) is 25.0. The van der Waals surface area contributed by atoms with Crippen LogP contribution in [0.3, 0.4) is 0 Å². The smallest absolute Gasteiger partial charge is 0.280 e. The molecule has 2 aromatic heterocycles. The van der Waals surface area contributed by atoms with Crippen molar-refractivity contribution in [3.63, 3.8) is 0 Å². The molecule has 0 unspecified atom stereocenters. The van der Waals surface area contributed by atoms with Crippen LogP contribution >= 0.6 is 0 Å². The molecule has 1 aliphatic rings. The Hall–Kier alpha value is -3.71. The number of imidazole rings is 1. The van der Waals surface area contributed by atoms with E-state index < -0.39 is 42.6 Å². The van der Waals surface area contributed by atoms with E-state index in [0.29, 0.717) is 0 Å². The lowest BCUT2D eigenvalue weighted by Crippen LogP contribution is -2.53. The number of nitrogen functional groups attached to an aromatic ring is 1. The van der Waals surface area contributed by atoms with E-state index in [1.54, 1.807) is 36.4 Å². The van der Waals surface area contributed by atoms with Crippen LogP contribution in [0, 0.1) is 0 Å². The molecule has 4 N–H and O–H groups in total. The summed E-state index contributed by atoms with van der Waals surface area (Å²) in [6, 6.07) is 18.0. The van der Waals surface area contributed by atoms with Crippen molar-refractivity contribution >= 4 is 17.1 Å². The molecule has 0 aliphatic carbocycles. The lowest BCUT2D eigenvalue weighted by atomic mass is 9.96. The Bertz CT molecular complexity index is 1400. The van der Waals surface area contributed by atoms with Crippen LogP contribution in [-0.4, -0.2) is 55.5 Å². The zero-order valence-electron chi connectivity index (χ0n) is 19.5. The van der Waals surface area contributed by atoms with Gasteiger partial charge >= 0.3 is 0 Å². The molecule has 0 bridgehead atoms. The van der Waals surface area contributed by atoms with Gasteiger partial charge in [0.05, 0.1) is 26.1 Å². The largest absolute Gasteiger partial charge is 0.386 e. The number of hydrogen-bond donors (Lipinski definition) is 3. The van der Waals surface area contributed by atoms with Crippen molar-refractivity contribution in [1.29, 1.82) is 0 Å². The maximum Gasteiger partial charge on any atom is 0.280 e. The molecule has 5 rings (SSSR count). The number of nitrogens with one attached hydrogen (secondary N) is 1. The highest BCUT2D eigenvalue weighted by Gasteiger charge is 2.62. The third kappa shape index (κ3) is 4.83. The van der Waals surface area contributed by atoms with Crippen LogP contribution in [0.1, 0.15) is 17.4 Å². The first-order valence-corrected chi connectivity index (χ1v) is 11.5. The van der Waals surface area contributed by atoms with Gasteiger partial charge in [-0.2, -0.15) is 4.98 Å². The molecule has 0 saturated carbocycles. The highest BCUT2D eigenvalue weighted by Crippen LogP contribution is 2.44. The van der Waals surface area contributed by atoms with E-state index in [0.717, 1.165) is 11.1 Å². The maximum absolute atomic E-state index is 14.8. The molecule has 1 saturated heterocycles.